The van der Waals surface area contributed by atoms with E-state index in [1.165, 1.54) is 7.11 Å². The Kier molecular flexibility index (Phi) is 5.87. The average molecular weight is 387 g/mol. The van der Waals surface area contributed by atoms with E-state index in [-0.39, 0.29) is 18.2 Å². The number of piperazine rings is 1. The Hall–Kier alpha value is -3.03. The van der Waals surface area contributed by atoms with Crippen LogP contribution in [0.3, 0.4) is 0 Å². The maximum absolute atomic E-state index is 12.8. The molecule has 3 rings (SSSR count). The summed E-state index contributed by atoms with van der Waals surface area (Å²) < 4.78 is 15.6. The molecule has 2 aromatic rings. The fourth-order valence-corrected chi connectivity index (χ4v) is 3.33. The molecule has 150 valence electrons. The van der Waals surface area contributed by atoms with Gasteiger partial charge >= 0.3 is 0 Å². The van der Waals surface area contributed by atoms with Crippen molar-refractivity contribution in [1.29, 1.82) is 0 Å². The summed E-state index contributed by atoms with van der Waals surface area (Å²) in [7, 11) is 3.09. The summed E-state index contributed by atoms with van der Waals surface area (Å²) in [5.41, 5.74) is 2.12. The summed E-state index contributed by atoms with van der Waals surface area (Å²) in [6.45, 7) is 5.62. The molecule has 0 N–H and O–H groups in total. The molecule has 0 bridgehead atoms. The van der Waals surface area contributed by atoms with Crippen LogP contribution in [0.25, 0.3) is 0 Å². The van der Waals surface area contributed by atoms with Crippen molar-refractivity contribution in [3.05, 3.63) is 40.8 Å². The molecule has 8 heteroatoms. The molecule has 1 fully saturated rings. The quantitative estimate of drug-likeness (QED) is 0.778. The van der Waals surface area contributed by atoms with E-state index in [2.05, 4.69) is 5.16 Å². The molecule has 28 heavy (non-hydrogen) atoms. The predicted octanol–water partition coefficient (Wildman–Crippen LogP) is 1.84. The third-order valence-corrected chi connectivity index (χ3v) is 5.06. The molecule has 0 radical (unpaired) electrons. The molecule has 1 aromatic carbocycles. The van der Waals surface area contributed by atoms with Gasteiger partial charge < -0.3 is 23.8 Å². The Morgan fingerprint density at radius 1 is 1.04 bits per heavy atom. The number of rotatable bonds is 5. The molecular weight excluding hydrogens is 362 g/mol. The highest BCUT2D eigenvalue weighted by Gasteiger charge is 2.26. The van der Waals surface area contributed by atoms with Gasteiger partial charge in [0.25, 0.3) is 5.91 Å². The van der Waals surface area contributed by atoms with Gasteiger partial charge in [0.05, 0.1) is 26.3 Å². The molecule has 0 atom stereocenters. The van der Waals surface area contributed by atoms with E-state index in [9.17, 15) is 9.59 Å². The number of hydrogen-bond acceptors (Lipinski definition) is 6. The van der Waals surface area contributed by atoms with Gasteiger partial charge in [-0.1, -0.05) is 5.16 Å². The van der Waals surface area contributed by atoms with Crippen molar-refractivity contribution in [2.75, 3.05) is 40.4 Å². The fourth-order valence-electron chi connectivity index (χ4n) is 3.33. The largest absolute Gasteiger partial charge is 0.493 e. The van der Waals surface area contributed by atoms with Gasteiger partial charge in [-0.05, 0) is 32.0 Å². The minimum Gasteiger partial charge on any atom is -0.493 e. The molecule has 1 aliphatic heterocycles. The van der Waals surface area contributed by atoms with Gasteiger partial charge in [-0.3, -0.25) is 9.59 Å². The highest BCUT2D eigenvalue weighted by molar-refractivity contribution is 5.95. The number of ether oxygens (including phenoxy) is 2. The highest BCUT2D eigenvalue weighted by atomic mass is 16.5. The monoisotopic (exact) mass is 387 g/mol. The van der Waals surface area contributed by atoms with Gasteiger partial charge in [-0.25, -0.2) is 0 Å². The van der Waals surface area contributed by atoms with Crippen LogP contribution >= 0.6 is 0 Å². The standard InChI is InChI=1S/C20H25N3O5/c1-13-16(14(2)28-21-13)12-19(24)22-7-9-23(10-8-22)20(25)15-5-6-17(26-3)18(11-15)27-4/h5-6,11H,7-10,12H2,1-4H3. The van der Waals surface area contributed by atoms with Crippen molar-refractivity contribution in [2.45, 2.75) is 20.3 Å². The summed E-state index contributed by atoms with van der Waals surface area (Å²) >= 11 is 0. The number of benzene rings is 1. The number of hydrogen-bond donors (Lipinski definition) is 0. The molecule has 2 heterocycles. The van der Waals surface area contributed by atoms with Crippen molar-refractivity contribution in [1.82, 2.24) is 15.0 Å². The van der Waals surface area contributed by atoms with Crippen molar-refractivity contribution >= 4 is 11.8 Å². The number of aryl methyl sites for hydroxylation is 2. The van der Waals surface area contributed by atoms with Crippen LogP contribution in [0.2, 0.25) is 0 Å². The molecular formula is C20H25N3O5. The van der Waals surface area contributed by atoms with Gasteiger partial charge in [-0.2, -0.15) is 0 Å². The summed E-state index contributed by atoms with van der Waals surface area (Å²) in [5.74, 6) is 1.70. The second-order valence-corrected chi connectivity index (χ2v) is 6.72. The lowest BCUT2D eigenvalue weighted by Crippen LogP contribution is -2.51. The summed E-state index contributed by atoms with van der Waals surface area (Å²) in [4.78, 5) is 28.9. The summed E-state index contributed by atoms with van der Waals surface area (Å²) in [5, 5.41) is 3.89. The van der Waals surface area contributed by atoms with Gasteiger partial charge in [0, 0.05) is 37.3 Å². The Morgan fingerprint density at radius 2 is 1.68 bits per heavy atom. The Morgan fingerprint density at radius 3 is 2.25 bits per heavy atom. The molecule has 1 aliphatic rings. The molecule has 0 aliphatic carbocycles. The summed E-state index contributed by atoms with van der Waals surface area (Å²) in [6, 6.07) is 5.12. The van der Waals surface area contributed by atoms with Crippen LogP contribution < -0.4 is 9.47 Å². The van der Waals surface area contributed by atoms with Crippen LogP contribution in [0.4, 0.5) is 0 Å². The maximum Gasteiger partial charge on any atom is 0.254 e. The maximum atomic E-state index is 12.8. The first kappa shape index (κ1) is 19.7. The lowest BCUT2D eigenvalue weighted by atomic mass is 10.1. The number of nitrogens with zero attached hydrogens (tertiary/aromatic N) is 3. The first-order chi connectivity index (χ1) is 13.4. The van der Waals surface area contributed by atoms with Gasteiger partial charge in [0.1, 0.15) is 5.76 Å². The summed E-state index contributed by atoms with van der Waals surface area (Å²) in [6.07, 6.45) is 0.269. The second-order valence-electron chi connectivity index (χ2n) is 6.72. The number of carbonyl (C=O) groups excluding carboxylic acids is 2. The zero-order valence-corrected chi connectivity index (χ0v) is 16.7. The van der Waals surface area contributed by atoms with Gasteiger partial charge in [-0.15, -0.1) is 0 Å². The lowest BCUT2D eigenvalue weighted by molar-refractivity contribution is -0.131. The topological polar surface area (TPSA) is 85.1 Å². The molecule has 1 aromatic heterocycles. The van der Waals surface area contributed by atoms with Crippen LogP contribution in [0.1, 0.15) is 27.4 Å². The van der Waals surface area contributed by atoms with Crippen molar-refractivity contribution in [3.63, 3.8) is 0 Å². The Balaban J connectivity index is 1.60. The van der Waals surface area contributed by atoms with E-state index in [0.29, 0.717) is 49.0 Å². The van der Waals surface area contributed by atoms with E-state index in [1.54, 1.807) is 35.1 Å². The molecule has 1 saturated heterocycles. The van der Waals surface area contributed by atoms with Crippen molar-refractivity contribution < 1.29 is 23.6 Å². The number of carbonyl (C=O) groups is 2. The zero-order valence-electron chi connectivity index (χ0n) is 16.7. The molecule has 8 nitrogen and oxygen atoms in total. The SMILES string of the molecule is COc1ccc(C(=O)N2CCN(C(=O)Cc3c(C)noc3C)CC2)cc1OC. The van der Waals surface area contributed by atoms with Gasteiger partial charge in [0.15, 0.2) is 11.5 Å². The third kappa shape index (κ3) is 3.95. The third-order valence-electron chi connectivity index (χ3n) is 5.06. The normalized spacial score (nSPS) is 14.1. The lowest BCUT2D eigenvalue weighted by Gasteiger charge is -2.35. The van der Waals surface area contributed by atoms with E-state index in [4.69, 9.17) is 14.0 Å². The number of methoxy groups -OCH3 is 2. The van der Waals surface area contributed by atoms with Crippen LogP contribution in [-0.4, -0.2) is 67.2 Å². The van der Waals surface area contributed by atoms with Gasteiger partial charge in [0.2, 0.25) is 5.91 Å². The number of amides is 2. The Labute approximate surface area is 164 Å². The molecule has 0 spiro atoms. The van der Waals surface area contributed by atoms with E-state index in [0.717, 1.165) is 11.3 Å². The molecule has 0 saturated carbocycles. The van der Waals surface area contributed by atoms with Crippen LogP contribution in [0.5, 0.6) is 11.5 Å². The second kappa shape index (κ2) is 8.33. The zero-order chi connectivity index (χ0) is 20.3. The predicted molar refractivity (Wildman–Crippen MR) is 102 cm³/mol. The minimum absolute atomic E-state index is 0.0209. The Bertz CT molecular complexity index is 849. The fraction of sp³-hybridized carbons (Fsp3) is 0.450. The van der Waals surface area contributed by atoms with Crippen LogP contribution in [0, 0.1) is 13.8 Å². The smallest absolute Gasteiger partial charge is 0.254 e. The first-order valence-corrected chi connectivity index (χ1v) is 9.15. The van der Waals surface area contributed by atoms with E-state index >= 15 is 0 Å². The average Bonchev–Trinajstić information content (AvgIpc) is 3.04. The van der Waals surface area contributed by atoms with Crippen molar-refractivity contribution in [2.24, 2.45) is 0 Å². The highest BCUT2D eigenvalue weighted by Crippen LogP contribution is 2.28. The van der Waals surface area contributed by atoms with Crippen LogP contribution in [0.15, 0.2) is 22.7 Å². The minimum atomic E-state index is -0.0845. The molecule has 0 unspecified atom stereocenters. The first-order valence-electron chi connectivity index (χ1n) is 9.15. The van der Waals surface area contributed by atoms with E-state index in [1.807, 2.05) is 13.8 Å². The molecule has 2 amide bonds. The van der Waals surface area contributed by atoms with E-state index < -0.39 is 0 Å². The van der Waals surface area contributed by atoms with Crippen LogP contribution in [-0.2, 0) is 11.2 Å². The van der Waals surface area contributed by atoms with Crippen molar-refractivity contribution in [3.8, 4) is 11.5 Å². The number of aromatic nitrogens is 1.